The Bertz CT molecular complexity index is 448. The molecule has 0 nitrogen and oxygen atoms in total. The van der Waals surface area contributed by atoms with Crippen molar-refractivity contribution in [3.8, 4) is 0 Å². The summed E-state index contributed by atoms with van der Waals surface area (Å²) >= 11 is 0. The monoisotopic (exact) mass is 222 g/mol. The van der Waals surface area contributed by atoms with E-state index in [9.17, 15) is 0 Å². The van der Waals surface area contributed by atoms with E-state index in [-0.39, 0.29) is 5.41 Å². The van der Waals surface area contributed by atoms with E-state index in [1.165, 1.54) is 5.56 Å². The van der Waals surface area contributed by atoms with Gasteiger partial charge in [-0.05, 0) is 18.4 Å². The van der Waals surface area contributed by atoms with Crippen molar-refractivity contribution < 1.29 is 0 Å². The van der Waals surface area contributed by atoms with Crippen LogP contribution in [0.2, 0.25) is 0 Å². The van der Waals surface area contributed by atoms with Gasteiger partial charge in [-0.15, -0.1) is 6.58 Å². The van der Waals surface area contributed by atoms with E-state index in [1.54, 1.807) is 0 Å². The highest BCUT2D eigenvalue weighted by molar-refractivity contribution is 5.49. The standard InChI is InChI=1S/C17H18/c1-2-17(13-7-4-8-14-17)15-9-12-16-10-5-3-6-11-16/h2-13H,1,14-15H2. The van der Waals surface area contributed by atoms with Crippen molar-refractivity contribution in [2.75, 3.05) is 0 Å². The molecule has 1 atom stereocenters. The van der Waals surface area contributed by atoms with Crippen LogP contribution in [0, 0.1) is 5.41 Å². The lowest BCUT2D eigenvalue weighted by molar-refractivity contribution is 0.505. The first kappa shape index (κ1) is 11.7. The lowest BCUT2D eigenvalue weighted by Crippen LogP contribution is -2.13. The van der Waals surface area contributed by atoms with E-state index in [1.807, 2.05) is 6.07 Å². The van der Waals surface area contributed by atoms with E-state index in [0.717, 1.165) is 12.8 Å². The average molecular weight is 222 g/mol. The first-order valence-corrected chi connectivity index (χ1v) is 6.04. The van der Waals surface area contributed by atoms with Gasteiger partial charge in [-0.2, -0.15) is 0 Å². The molecule has 0 amide bonds. The summed E-state index contributed by atoms with van der Waals surface area (Å²) in [7, 11) is 0. The lowest BCUT2D eigenvalue weighted by atomic mass is 9.79. The molecular formula is C17H18. The van der Waals surface area contributed by atoms with Gasteiger partial charge in [-0.1, -0.05) is 72.9 Å². The first-order chi connectivity index (χ1) is 8.35. The van der Waals surface area contributed by atoms with Gasteiger partial charge in [-0.3, -0.25) is 0 Å². The van der Waals surface area contributed by atoms with Crippen LogP contribution in [-0.2, 0) is 0 Å². The van der Waals surface area contributed by atoms with Gasteiger partial charge in [0.25, 0.3) is 0 Å². The van der Waals surface area contributed by atoms with Crippen molar-refractivity contribution in [3.63, 3.8) is 0 Å². The summed E-state index contributed by atoms with van der Waals surface area (Å²) in [6, 6.07) is 10.4. The molecule has 0 N–H and O–H groups in total. The summed E-state index contributed by atoms with van der Waals surface area (Å²) in [4.78, 5) is 0. The number of rotatable bonds is 4. The molecule has 0 fully saturated rings. The predicted molar refractivity (Wildman–Crippen MR) is 75.6 cm³/mol. The van der Waals surface area contributed by atoms with Crippen molar-refractivity contribution in [2.24, 2.45) is 5.41 Å². The smallest absolute Gasteiger partial charge is 0.0131 e. The minimum atomic E-state index is 0.111. The SMILES string of the molecule is C=CC1(CC=Cc2ccccc2)C=CC=CC1. The zero-order valence-electron chi connectivity index (χ0n) is 10.0. The summed E-state index contributed by atoms with van der Waals surface area (Å²) in [6.45, 7) is 3.96. The van der Waals surface area contributed by atoms with Crippen LogP contribution >= 0.6 is 0 Å². The van der Waals surface area contributed by atoms with Crippen LogP contribution in [-0.4, -0.2) is 0 Å². The van der Waals surface area contributed by atoms with E-state index < -0.39 is 0 Å². The Morgan fingerprint density at radius 2 is 2.00 bits per heavy atom. The van der Waals surface area contributed by atoms with Gasteiger partial charge in [0, 0.05) is 5.41 Å². The highest BCUT2D eigenvalue weighted by Crippen LogP contribution is 2.33. The molecular weight excluding hydrogens is 204 g/mol. The maximum atomic E-state index is 3.96. The van der Waals surface area contributed by atoms with E-state index in [4.69, 9.17) is 0 Å². The molecule has 0 heteroatoms. The summed E-state index contributed by atoms with van der Waals surface area (Å²) in [5.41, 5.74) is 1.36. The van der Waals surface area contributed by atoms with Crippen LogP contribution in [0.15, 0.2) is 73.4 Å². The third-order valence-corrected chi connectivity index (χ3v) is 3.19. The van der Waals surface area contributed by atoms with Crippen molar-refractivity contribution in [2.45, 2.75) is 12.8 Å². The van der Waals surface area contributed by atoms with E-state index in [0.29, 0.717) is 0 Å². The second-order valence-corrected chi connectivity index (χ2v) is 4.45. The Labute approximate surface area is 104 Å². The summed E-state index contributed by atoms with van der Waals surface area (Å²) in [5.74, 6) is 0. The van der Waals surface area contributed by atoms with Gasteiger partial charge in [0.15, 0.2) is 0 Å². The summed E-state index contributed by atoms with van der Waals surface area (Å²) in [6.07, 6.45) is 17.2. The highest BCUT2D eigenvalue weighted by atomic mass is 14.2. The van der Waals surface area contributed by atoms with Crippen LogP contribution in [0.5, 0.6) is 0 Å². The molecule has 1 aliphatic rings. The van der Waals surface area contributed by atoms with Crippen LogP contribution in [0.1, 0.15) is 18.4 Å². The molecule has 0 radical (unpaired) electrons. The highest BCUT2D eigenvalue weighted by Gasteiger charge is 2.21. The Kier molecular flexibility index (Phi) is 3.77. The Balaban J connectivity index is 2.02. The Morgan fingerprint density at radius 1 is 1.18 bits per heavy atom. The molecule has 0 heterocycles. The largest absolute Gasteiger partial charge is 0.102 e. The molecule has 2 rings (SSSR count). The van der Waals surface area contributed by atoms with Gasteiger partial charge in [0.1, 0.15) is 0 Å². The second-order valence-electron chi connectivity index (χ2n) is 4.45. The van der Waals surface area contributed by atoms with Gasteiger partial charge >= 0.3 is 0 Å². The first-order valence-electron chi connectivity index (χ1n) is 6.04. The van der Waals surface area contributed by atoms with Gasteiger partial charge in [0.2, 0.25) is 0 Å². The molecule has 86 valence electrons. The van der Waals surface area contributed by atoms with Gasteiger partial charge < -0.3 is 0 Å². The molecule has 1 aliphatic carbocycles. The molecule has 1 aromatic rings. The Morgan fingerprint density at radius 3 is 2.65 bits per heavy atom. The third-order valence-electron chi connectivity index (χ3n) is 3.19. The van der Waals surface area contributed by atoms with Crippen molar-refractivity contribution >= 4 is 6.08 Å². The molecule has 0 saturated heterocycles. The van der Waals surface area contributed by atoms with Crippen LogP contribution in [0.25, 0.3) is 6.08 Å². The van der Waals surface area contributed by atoms with Crippen LogP contribution in [0.3, 0.4) is 0 Å². The molecule has 17 heavy (non-hydrogen) atoms. The molecule has 0 saturated carbocycles. The van der Waals surface area contributed by atoms with Gasteiger partial charge in [0.05, 0.1) is 0 Å². The quantitative estimate of drug-likeness (QED) is 0.643. The van der Waals surface area contributed by atoms with Crippen molar-refractivity contribution in [1.82, 2.24) is 0 Å². The van der Waals surface area contributed by atoms with Crippen molar-refractivity contribution in [3.05, 3.63) is 78.9 Å². The molecule has 1 unspecified atom stereocenters. The predicted octanol–water partition coefficient (Wildman–Crippen LogP) is 4.78. The number of allylic oxidation sites excluding steroid dienone is 6. The van der Waals surface area contributed by atoms with E-state index in [2.05, 4.69) is 73.4 Å². The minimum Gasteiger partial charge on any atom is -0.102 e. The topological polar surface area (TPSA) is 0 Å². The number of hydrogen-bond acceptors (Lipinski definition) is 0. The number of benzene rings is 1. The second kappa shape index (κ2) is 5.49. The maximum Gasteiger partial charge on any atom is 0.0131 e. The zero-order chi connectivity index (χ0) is 12.0. The molecule has 0 bridgehead atoms. The molecule has 0 spiro atoms. The third kappa shape index (κ3) is 3.07. The molecule has 0 aliphatic heterocycles. The fourth-order valence-corrected chi connectivity index (χ4v) is 2.05. The average Bonchev–Trinajstić information content (AvgIpc) is 2.41. The molecule has 1 aromatic carbocycles. The maximum absolute atomic E-state index is 3.96. The summed E-state index contributed by atoms with van der Waals surface area (Å²) < 4.78 is 0. The van der Waals surface area contributed by atoms with Crippen LogP contribution < -0.4 is 0 Å². The fraction of sp³-hybridized carbons (Fsp3) is 0.176. The van der Waals surface area contributed by atoms with Crippen LogP contribution in [0.4, 0.5) is 0 Å². The fourth-order valence-electron chi connectivity index (χ4n) is 2.05. The number of hydrogen-bond donors (Lipinski definition) is 0. The van der Waals surface area contributed by atoms with Crippen molar-refractivity contribution in [1.29, 1.82) is 0 Å². The van der Waals surface area contributed by atoms with Gasteiger partial charge in [-0.25, -0.2) is 0 Å². The summed E-state index contributed by atoms with van der Waals surface area (Å²) in [5, 5.41) is 0. The lowest BCUT2D eigenvalue weighted by Gasteiger charge is -2.25. The normalized spacial score (nSPS) is 23.1. The Hall–Kier alpha value is -1.82. The van der Waals surface area contributed by atoms with E-state index >= 15 is 0 Å². The minimum absolute atomic E-state index is 0.111. The molecule has 0 aromatic heterocycles. The zero-order valence-corrected chi connectivity index (χ0v) is 10.0.